The van der Waals surface area contributed by atoms with Crippen LogP contribution in [0.15, 0.2) is 48.8 Å². The lowest BCUT2D eigenvalue weighted by Gasteiger charge is -2.31. The molecule has 106 valence electrons. The van der Waals surface area contributed by atoms with E-state index in [0.29, 0.717) is 0 Å². The molecule has 2 aromatic rings. The molecule has 1 heterocycles. The molecule has 0 aliphatic heterocycles. The van der Waals surface area contributed by atoms with Gasteiger partial charge in [0, 0.05) is 31.0 Å². The maximum Gasteiger partial charge on any atom is 0.0496 e. The molecule has 0 amide bonds. The third-order valence-corrected chi connectivity index (χ3v) is 3.55. The molecular formula is C17H23N3. The molecule has 0 aliphatic carbocycles. The van der Waals surface area contributed by atoms with E-state index in [0.717, 1.165) is 6.54 Å². The zero-order valence-electron chi connectivity index (χ0n) is 12.5. The predicted octanol–water partition coefficient (Wildman–Crippen LogP) is 2.91. The molecule has 2 N–H and O–H groups in total. The van der Waals surface area contributed by atoms with Crippen molar-refractivity contribution in [2.45, 2.75) is 32.5 Å². The Morgan fingerprint density at radius 1 is 1.20 bits per heavy atom. The summed E-state index contributed by atoms with van der Waals surface area (Å²) in [4.78, 5) is 6.45. The van der Waals surface area contributed by atoms with Crippen LogP contribution in [0.25, 0.3) is 0 Å². The second-order valence-corrected chi connectivity index (χ2v) is 5.49. The lowest BCUT2D eigenvalue weighted by Crippen LogP contribution is -2.37. The van der Waals surface area contributed by atoms with Gasteiger partial charge in [-0.25, -0.2) is 0 Å². The van der Waals surface area contributed by atoms with Crippen molar-refractivity contribution < 1.29 is 0 Å². The van der Waals surface area contributed by atoms with E-state index in [9.17, 15) is 0 Å². The minimum Gasteiger partial charge on any atom is -0.326 e. The highest BCUT2D eigenvalue weighted by Gasteiger charge is 2.21. The van der Waals surface area contributed by atoms with E-state index in [1.807, 2.05) is 12.3 Å². The molecule has 0 spiro atoms. The van der Waals surface area contributed by atoms with Crippen LogP contribution in [0.4, 0.5) is 0 Å². The minimum absolute atomic E-state index is 0.0689. The standard InChI is InChI=1S/C17H23N3/c1-13-6-8-16(9-7-13)17(14(2)18)20(3)12-15-5-4-10-19-11-15/h4-11,14,17H,12,18H2,1-3H3. The normalized spacial score (nSPS) is 14.2. The Morgan fingerprint density at radius 2 is 1.90 bits per heavy atom. The summed E-state index contributed by atoms with van der Waals surface area (Å²) in [6.45, 7) is 5.00. The van der Waals surface area contributed by atoms with Gasteiger partial charge < -0.3 is 5.73 Å². The summed E-state index contributed by atoms with van der Waals surface area (Å²) < 4.78 is 0. The SMILES string of the molecule is Cc1ccc(C(C(C)N)N(C)Cc2cccnc2)cc1. The van der Waals surface area contributed by atoms with Gasteiger partial charge in [0.15, 0.2) is 0 Å². The van der Waals surface area contributed by atoms with E-state index in [-0.39, 0.29) is 12.1 Å². The van der Waals surface area contributed by atoms with E-state index in [4.69, 9.17) is 5.73 Å². The lowest BCUT2D eigenvalue weighted by atomic mass is 9.98. The Hall–Kier alpha value is -1.71. The van der Waals surface area contributed by atoms with Gasteiger partial charge in [-0.05, 0) is 38.1 Å². The number of aromatic nitrogens is 1. The van der Waals surface area contributed by atoms with E-state index >= 15 is 0 Å². The van der Waals surface area contributed by atoms with Crippen LogP contribution in [-0.2, 0) is 6.54 Å². The fourth-order valence-corrected chi connectivity index (χ4v) is 2.60. The highest BCUT2D eigenvalue weighted by atomic mass is 15.1. The van der Waals surface area contributed by atoms with Gasteiger partial charge in [0.2, 0.25) is 0 Å². The Balaban J connectivity index is 2.18. The molecule has 0 bridgehead atoms. The number of nitrogens with zero attached hydrogens (tertiary/aromatic N) is 2. The first kappa shape index (κ1) is 14.7. The van der Waals surface area contributed by atoms with Gasteiger partial charge in [0.1, 0.15) is 0 Å². The van der Waals surface area contributed by atoms with Crippen LogP contribution >= 0.6 is 0 Å². The van der Waals surface area contributed by atoms with Gasteiger partial charge in [0.05, 0.1) is 0 Å². The van der Waals surface area contributed by atoms with Gasteiger partial charge in [0.25, 0.3) is 0 Å². The van der Waals surface area contributed by atoms with Crippen molar-refractivity contribution in [3.8, 4) is 0 Å². The average Bonchev–Trinajstić information content (AvgIpc) is 2.42. The fourth-order valence-electron chi connectivity index (χ4n) is 2.60. The van der Waals surface area contributed by atoms with E-state index in [2.05, 4.69) is 61.1 Å². The summed E-state index contributed by atoms with van der Waals surface area (Å²) in [5.74, 6) is 0. The summed E-state index contributed by atoms with van der Waals surface area (Å²) in [6, 6.07) is 13.0. The van der Waals surface area contributed by atoms with E-state index in [1.165, 1.54) is 16.7 Å². The minimum atomic E-state index is 0.0689. The Labute approximate surface area is 121 Å². The third kappa shape index (κ3) is 3.65. The van der Waals surface area contributed by atoms with Crippen LogP contribution in [0.3, 0.4) is 0 Å². The van der Waals surface area contributed by atoms with Crippen molar-refractivity contribution in [2.75, 3.05) is 7.05 Å². The molecule has 0 saturated heterocycles. The predicted molar refractivity (Wildman–Crippen MR) is 83.3 cm³/mol. The van der Waals surface area contributed by atoms with Crippen LogP contribution in [0.2, 0.25) is 0 Å². The summed E-state index contributed by atoms with van der Waals surface area (Å²) in [5, 5.41) is 0. The topological polar surface area (TPSA) is 42.1 Å². The second-order valence-electron chi connectivity index (χ2n) is 5.49. The Morgan fingerprint density at radius 3 is 2.45 bits per heavy atom. The fraction of sp³-hybridized carbons (Fsp3) is 0.353. The monoisotopic (exact) mass is 269 g/mol. The maximum absolute atomic E-state index is 6.20. The molecule has 0 saturated carbocycles. The molecule has 2 rings (SSSR count). The first-order valence-electron chi connectivity index (χ1n) is 6.99. The highest BCUT2D eigenvalue weighted by molar-refractivity contribution is 5.25. The number of hydrogen-bond donors (Lipinski definition) is 1. The third-order valence-electron chi connectivity index (χ3n) is 3.55. The van der Waals surface area contributed by atoms with Crippen LogP contribution in [0.1, 0.15) is 29.7 Å². The van der Waals surface area contributed by atoms with Crippen molar-refractivity contribution in [3.05, 3.63) is 65.5 Å². The van der Waals surface area contributed by atoms with Crippen molar-refractivity contribution in [1.29, 1.82) is 0 Å². The smallest absolute Gasteiger partial charge is 0.0496 e. The highest BCUT2D eigenvalue weighted by Crippen LogP contribution is 2.24. The van der Waals surface area contributed by atoms with Gasteiger partial charge in [-0.3, -0.25) is 9.88 Å². The quantitative estimate of drug-likeness (QED) is 0.907. The first-order valence-corrected chi connectivity index (χ1v) is 6.99. The number of aryl methyl sites for hydroxylation is 1. The van der Waals surface area contributed by atoms with Gasteiger partial charge in [-0.2, -0.15) is 0 Å². The lowest BCUT2D eigenvalue weighted by molar-refractivity contribution is 0.210. The van der Waals surface area contributed by atoms with Crippen LogP contribution in [0, 0.1) is 6.92 Å². The maximum atomic E-state index is 6.20. The van der Waals surface area contributed by atoms with E-state index < -0.39 is 0 Å². The Kier molecular flexibility index (Phi) is 4.88. The van der Waals surface area contributed by atoms with E-state index in [1.54, 1.807) is 6.20 Å². The number of pyridine rings is 1. The molecule has 20 heavy (non-hydrogen) atoms. The second kappa shape index (κ2) is 6.64. The zero-order valence-corrected chi connectivity index (χ0v) is 12.5. The van der Waals surface area contributed by atoms with Crippen molar-refractivity contribution >= 4 is 0 Å². The molecule has 0 fully saturated rings. The average molecular weight is 269 g/mol. The summed E-state index contributed by atoms with van der Waals surface area (Å²) >= 11 is 0. The molecule has 2 atom stereocenters. The van der Waals surface area contributed by atoms with Gasteiger partial charge in [-0.1, -0.05) is 35.9 Å². The molecule has 1 aromatic heterocycles. The summed E-state index contributed by atoms with van der Waals surface area (Å²) in [7, 11) is 2.11. The number of benzene rings is 1. The number of likely N-dealkylation sites (N-methyl/N-ethyl adjacent to an activating group) is 1. The Bertz CT molecular complexity index is 520. The van der Waals surface area contributed by atoms with Crippen molar-refractivity contribution in [1.82, 2.24) is 9.88 Å². The number of rotatable bonds is 5. The molecule has 3 heteroatoms. The molecule has 0 radical (unpaired) electrons. The van der Waals surface area contributed by atoms with Gasteiger partial charge in [-0.15, -0.1) is 0 Å². The molecule has 0 aliphatic rings. The number of nitrogens with two attached hydrogens (primary N) is 1. The molecule has 3 nitrogen and oxygen atoms in total. The molecule has 2 unspecified atom stereocenters. The first-order chi connectivity index (χ1) is 9.58. The molecule has 1 aromatic carbocycles. The van der Waals surface area contributed by atoms with Crippen LogP contribution in [0.5, 0.6) is 0 Å². The number of hydrogen-bond acceptors (Lipinski definition) is 3. The van der Waals surface area contributed by atoms with Crippen molar-refractivity contribution in [2.24, 2.45) is 5.73 Å². The zero-order chi connectivity index (χ0) is 14.5. The largest absolute Gasteiger partial charge is 0.326 e. The molecular weight excluding hydrogens is 246 g/mol. The van der Waals surface area contributed by atoms with Gasteiger partial charge >= 0.3 is 0 Å². The summed E-state index contributed by atoms with van der Waals surface area (Å²) in [6.07, 6.45) is 3.70. The van der Waals surface area contributed by atoms with Crippen molar-refractivity contribution in [3.63, 3.8) is 0 Å². The van der Waals surface area contributed by atoms with Crippen LogP contribution in [-0.4, -0.2) is 23.0 Å². The van der Waals surface area contributed by atoms with Crippen LogP contribution < -0.4 is 5.73 Å². The summed E-state index contributed by atoms with van der Waals surface area (Å²) in [5.41, 5.74) is 9.94.